The smallest absolute Gasteiger partial charge is 0.316 e. The molecule has 0 aromatic heterocycles. The first-order valence-electron chi connectivity index (χ1n) is 12.2. The summed E-state index contributed by atoms with van der Waals surface area (Å²) in [5.41, 5.74) is 0. The number of amides is 2. The minimum absolute atomic E-state index is 0.498. The summed E-state index contributed by atoms with van der Waals surface area (Å²) >= 11 is 4.66. The molecule has 8 unspecified atom stereocenters. The fraction of sp³-hybridized carbons (Fsp3) is 0.957. The van der Waals surface area contributed by atoms with Gasteiger partial charge in [0.05, 0.1) is 12.1 Å². The molecule has 0 N–H and O–H groups in total. The van der Waals surface area contributed by atoms with E-state index in [2.05, 4.69) is 33.3 Å². The highest BCUT2D eigenvalue weighted by atomic mass is 32.2. The Morgan fingerprint density at radius 3 is 1.64 bits per heavy atom. The maximum Gasteiger partial charge on any atom is 0.321 e. The highest BCUT2D eigenvalue weighted by molar-refractivity contribution is 8.01. The average molecular weight is 419 g/mol. The van der Waals surface area contributed by atoms with Crippen molar-refractivity contribution < 1.29 is 4.79 Å². The van der Waals surface area contributed by atoms with Gasteiger partial charge in [0.2, 0.25) is 0 Å². The molecule has 2 amide bonds. The first-order valence-corrected chi connectivity index (χ1v) is 14.1. The second-order valence-corrected chi connectivity index (χ2v) is 13.7. The molecule has 0 aromatic rings. The second kappa shape index (κ2) is 6.48. The molecule has 7 aliphatic rings. The van der Waals surface area contributed by atoms with Crippen LogP contribution in [0.1, 0.15) is 77.0 Å². The summed E-state index contributed by atoms with van der Waals surface area (Å²) in [4.78, 5) is 19.4. The summed E-state index contributed by atoms with van der Waals surface area (Å²) in [5.74, 6) is 1.67. The highest BCUT2D eigenvalue weighted by Gasteiger charge is 2.64. The van der Waals surface area contributed by atoms with Crippen molar-refractivity contribution in [1.82, 2.24) is 9.80 Å². The average Bonchev–Trinajstić information content (AvgIpc) is 2.74. The number of hydrogen-bond donors (Lipinski definition) is 0. The van der Waals surface area contributed by atoms with Crippen LogP contribution >= 0.6 is 23.5 Å². The molecule has 4 saturated carbocycles. The zero-order valence-electron chi connectivity index (χ0n) is 16.9. The molecule has 5 heteroatoms. The van der Waals surface area contributed by atoms with Crippen molar-refractivity contribution in [1.29, 1.82) is 0 Å². The Balaban J connectivity index is 1.34. The van der Waals surface area contributed by atoms with Crippen molar-refractivity contribution in [2.24, 2.45) is 11.8 Å². The molecule has 7 rings (SSSR count). The van der Waals surface area contributed by atoms with Crippen LogP contribution in [0.15, 0.2) is 0 Å². The van der Waals surface area contributed by atoms with Gasteiger partial charge < -0.3 is 9.80 Å². The summed E-state index contributed by atoms with van der Waals surface area (Å²) in [6, 6.07) is 2.73. The number of nitrogens with zero attached hydrogens (tertiary/aromatic N) is 2. The van der Waals surface area contributed by atoms with Gasteiger partial charge in [-0.25, -0.2) is 4.79 Å². The molecule has 0 radical (unpaired) electrons. The fourth-order valence-corrected chi connectivity index (χ4v) is 12.5. The number of urea groups is 1. The van der Waals surface area contributed by atoms with Crippen molar-refractivity contribution in [3.63, 3.8) is 0 Å². The lowest BCUT2D eigenvalue weighted by Gasteiger charge is -2.68. The van der Waals surface area contributed by atoms with Gasteiger partial charge >= 0.3 is 6.03 Å². The molecule has 0 spiro atoms. The lowest BCUT2D eigenvalue weighted by atomic mass is 9.62. The Kier molecular flexibility index (Phi) is 4.08. The van der Waals surface area contributed by atoms with Gasteiger partial charge in [-0.15, -0.1) is 0 Å². The Hall–Kier alpha value is -0.0300. The summed E-state index contributed by atoms with van der Waals surface area (Å²) in [6.07, 6.45) is 16.3. The Labute approximate surface area is 178 Å². The van der Waals surface area contributed by atoms with Gasteiger partial charge in [0, 0.05) is 39.0 Å². The number of hydrogen-bond acceptors (Lipinski definition) is 3. The summed E-state index contributed by atoms with van der Waals surface area (Å²) in [6.45, 7) is 0. The molecule has 0 aromatic carbocycles. The van der Waals surface area contributed by atoms with E-state index in [9.17, 15) is 4.79 Å². The van der Waals surface area contributed by atoms with Crippen LogP contribution in [0.4, 0.5) is 4.79 Å². The number of carbonyl (C=O) groups excluding carboxylic acids is 1. The summed E-state index contributed by atoms with van der Waals surface area (Å²) < 4.78 is 0. The largest absolute Gasteiger partial charge is 0.321 e. The SMILES string of the molecule is O=C1N2C3CCCCC3SC3CCC4CCC5SC6CCCCC6N1C5C4C32. The zero-order chi connectivity index (χ0) is 18.4. The molecular weight excluding hydrogens is 384 g/mol. The van der Waals surface area contributed by atoms with Gasteiger partial charge in [-0.3, -0.25) is 0 Å². The van der Waals surface area contributed by atoms with Gasteiger partial charge in [-0.05, 0) is 57.3 Å². The van der Waals surface area contributed by atoms with E-state index in [0.29, 0.717) is 30.2 Å². The number of fused-ring (bicyclic) bond motifs is 4. The maximum absolute atomic E-state index is 14.2. The van der Waals surface area contributed by atoms with E-state index in [-0.39, 0.29) is 0 Å². The maximum atomic E-state index is 14.2. The van der Waals surface area contributed by atoms with E-state index >= 15 is 0 Å². The van der Waals surface area contributed by atoms with Crippen molar-refractivity contribution in [2.75, 3.05) is 0 Å². The lowest BCUT2D eigenvalue weighted by molar-refractivity contribution is -0.0782. The van der Waals surface area contributed by atoms with Crippen molar-refractivity contribution in [3.8, 4) is 0 Å². The topological polar surface area (TPSA) is 23.6 Å². The van der Waals surface area contributed by atoms with Gasteiger partial charge in [-0.2, -0.15) is 23.5 Å². The van der Waals surface area contributed by atoms with E-state index in [1.54, 1.807) is 0 Å². The van der Waals surface area contributed by atoms with Crippen LogP contribution in [0.2, 0.25) is 0 Å². The predicted octanol–water partition coefficient (Wildman–Crippen LogP) is 5.13. The van der Waals surface area contributed by atoms with Crippen LogP contribution in [0.25, 0.3) is 0 Å². The number of thioether (sulfide) groups is 2. The Morgan fingerprint density at radius 1 is 0.607 bits per heavy atom. The van der Waals surface area contributed by atoms with Crippen LogP contribution in [-0.2, 0) is 0 Å². The van der Waals surface area contributed by atoms with E-state index in [0.717, 1.165) is 32.8 Å². The van der Waals surface area contributed by atoms with Crippen LogP contribution in [0.5, 0.6) is 0 Å². The van der Waals surface area contributed by atoms with Gasteiger partial charge in [-0.1, -0.05) is 25.7 Å². The third kappa shape index (κ3) is 2.30. The van der Waals surface area contributed by atoms with E-state index in [4.69, 9.17) is 0 Å². The molecule has 8 atom stereocenters. The molecule has 4 aliphatic carbocycles. The fourth-order valence-electron chi connectivity index (χ4n) is 8.58. The third-order valence-electron chi connectivity index (χ3n) is 9.57. The molecule has 154 valence electrons. The van der Waals surface area contributed by atoms with Crippen LogP contribution in [0, 0.1) is 11.8 Å². The van der Waals surface area contributed by atoms with Crippen molar-refractivity contribution in [3.05, 3.63) is 0 Å². The van der Waals surface area contributed by atoms with Gasteiger partial charge in [0.15, 0.2) is 0 Å². The number of carbonyl (C=O) groups is 1. The lowest BCUT2D eigenvalue weighted by Crippen LogP contribution is -2.79. The third-order valence-corrected chi connectivity index (χ3v) is 13.1. The molecule has 28 heavy (non-hydrogen) atoms. The summed E-state index contributed by atoms with van der Waals surface area (Å²) in [7, 11) is 0. The quantitative estimate of drug-likeness (QED) is 0.544. The van der Waals surface area contributed by atoms with Crippen LogP contribution in [0.3, 0.4) is 0 Å². The van der Waals surface area contributed by atoms with Crippen LogP contribution < -0.4 is 0 Å². The van der Waals surface area contributed by atoms with E-state index in [1.807, 2.05) is 0 Å². The summed E-state index contributed by atoms with van der Waals surface area (Å²) in [5, 5.41) is 2.93. The number of rotatable bonds is 0. The van der Waals surface area contributed by atoms with Crippen molar-refractivity contribution >= 4 is 29.6 Å². The molecule has 7 fully saturated rings. The Bertz CT molecular complexity index is 621. The molecule has 3 heterocycles. The monoisotopic (exact) mass is 418 g/mol. The van der Waals surface area contributed by atoms with E-state index in [1.165, 1.54) is 77.0 Å². The molecule has 0 bridgehead atoms. The molecule has 3 saturated heterocycles. The first-order chi connectivity index (χ1) is 13.8. The first kappa shape index (κ1) is 17.6. The van der Waals surface area contributed by atoms with Crippen LogP contribution in [-0.4, -0.2) is 61.0 Å². The molecule has 3 nitrogen and oxygen atoms in total. The highest BCUT2D eigenvalue weighted by Crippen LogP contribution is 2.60. The minimum atomic E-state index is 0.498. The minimum Gasteiger partial charge on any atom is -0.316 e. The second-order valence-electron chi connectivity index (χ2n) is 10.7. The standard InChI is InChI=1S/C23H34N2OS2/c26-23-24-14-5-1-3-7-16(14)27-18-11-9-13-10-12-19-22(20(13)21(18)24)25(23)15-6-2-4-8-17(15)28-19/h13-22H,1-12H2. The van der Waals surface area contributed by atoms with E-state index < -0.39 is 0 Å². The zero-order valence-corrected chi connectivity index (χ0v) is 18.5. The molecule has 3 aliphatic heterocycles. The normalized spacial score (nSPS) is 54.5. The van der Waals surface area contributed by atoms with Crippen molar-refractivity contribution in [2.45, 2.75) is 122 Å². The van der Waals surface area contributed by atoms with Gasteiger partial charge in [0.25, 0.3) is 0 Å². The van der Waals surface area contributed by atoms with Gasteiger partial charge in [0.1, 0.15) is 0 Å². The predicted molar refractivity (Wildman–Crippen MR) is 117 cm³/mol. The Morgan fingerprint density at radius 2 is 1.11 bits per heavy atom. The molecular formula is C23H34N2OS2.